The first-order valence-electron chi connectivity index (χ1n) is 6.89. The second-order valence-corrected chi connectivity index (χ2v) is 6.28. The van der Waals surface area contributed by atoms with Crippen LogP contribution in [0, 0.1) is 24.1 Å². The molecule has 1 fully saturated rings. The molecule has 0 bridgehead atoms. The number of benzene rings is 1. The first kappa shape index (κ1) is 13.5. The molecule has 1 N–H and O–H groups in total. The zero-order valence-corrected chi connectivity index (χ0v) is 11.9. The van der Waals surface area contributed by atoms with Crippen LogP contribution in [0.2, 0.25) is 0 Å². The number of hydrogen-bond acceptors (Lipinski definition) is 1. The molecule has 1 nitrogen and oxygen atoms in total. The van der Waals surface area contributed by atoms with E-state index in [4.69, 9.17) is 0 Å². The maximum Gasteiger partial charge on any atom is 0.128 e. The van der Waals surface area contributed by atoms with E-state index in [-0.39, 0.29) is 11.9 Å². The van der Waals surface area contributed by atoms with Crippen molar-refractivity contribution in [1.29, 1.82) is 0 Å². The Morgan fingerprint density at radius 2 is 2.11 bits per heavy atom. The molecule has 0 aromatic heterocycles. The summed E-state index contributed by atoms with van der Waals surface area (Å²) in [6, 6.07) is 5.55. The Balaban J connectivity index is 2.36. The van der Waals surface area contributed by atoms with Gasteiger partial charge in [0.15, 0.2) is 0 Å². The molecule has 0 radical (unpaired) electrons. The normalized spacial score (nSPS) is 24.2. The lowest BCUT2D eigenvalue weighted by Gasteiger charge is -2.34. The van der Waals surface area contributed by atoms with Crippen LogP contribution in [0.1, 0.15) is 50.3 Å². The molecule has 100 valence electrons. The van der Waals surface area contributed by atoms with Crippen LogP contribution in [-0.4, -0.2) is 7.05 Å². The summed E-state index contributed by atoms with van der Waals surface area (Å²) in [5.41, 5.74) is 2.25. The third kappa shape index (κ3) is 2.44. The van der Waals surface area contributed by atoms with Gasteiger partial charge in [-0.3, -0.25) is 0 Å². The van der Waals surface area contributed by atoms with Gasteiger partial charge in [-0.2, -0.15) is 0 Å². The molecule has 0 aliphatic heterocycles. The number of hydrogen-bond donors (Lipinski definition) is 1. The highest BCUT2D eigenvalue weighted by Gasteiger charge is 2.40. The van der Waals surface area contributed by atoms with E-state index in [2.05, 4.69) is 19.2 Å². The smallest absolute Gasteiger partial charge is 0.128 e. The first-order valence-corrected chi connectivity index (χ1v) is 6.89. The second-order valence-electron chi connectivity index (χ2n) is 6.28. The molecular formula is C16H24FN. The highest BCUT2D eigenvalue weighted by molar-refractivity contribution is 5.28. The van der Waals surface area contributed by atoms with Crippen LogP contribution in [0.4, 0.5) is 4.39 Å². The molecule has 2 heteroatoms. The van der Waals surface area contributed by atoms with Gasteiger partial charge in [0, 0.05) is 11.6 Å². The van der Waals surface area contributed by atoms with Gasteiger partial charge in [0.1, 0.15) is 5.82 Å². The lowest BCUT2D eigenvalue weighted by molar-refractivity contribution is 0.201. The lowest BCUT2D eigenvalue weighted by Crippen LogP contribution is -2.32. The number of aryl methyl sites for hydroxylation is 1. The highest BCUT2D eigenvalue weighted by atomic mass is 19.1. The molecule has 0 heterocycles. The van der Waals surface area contributed by atoms with Crippen molar-refractivity contribution in [3.63, 3.8) is 0 Å². The highest BCUT2D eigenvalue weighted by Crippen LogP contribution is 2.48. The second kappa shape index (κ2) is 5.00. The van der Waals surface area contributed by atoms with Gasteiger partial charge < -0.3 is 5.32 Å². The predicted molar refractivity (Wildman–Crippen MR) is 74.1 cm³/mol. The van der Waals surface area contributed by atoms with Crippen LogP contribution in [-0.2, 0) is 0 Å². The van der Waals surface area contributed by atoms with Crippen LogP contribution in [0.15, 0.2) is 18.2 Å². The molecule has 2 rings (SSSR count). The van der Waals surface area contributed by atoms with Gasteiger partial charge in [0.2, 0.25) is 0 Å². The molecule has 0 saturated heterocycles. The summed E-state index contributed by atoms with van der Waals surface area (Å²) in [4.78, 5) is 0. The Bertz CT molecular complexity index is 425. The van der Waals surface area contributed by atoms with Crippen molar-refractivity contribution in [3.05, 3.63) is 35.1 Å². The largest absolute Gasteiger partial charge is 0.313 e. The average molecular weight is 249 g/mol. The van der Waals surface area contributed by atoms with E-state index in [1.807, 2.05) is 26.1 Å². The van der Waals surface area contributed by atoms with Crippen molar-refractivity contribution in [1.82, 2.24) is 5.32 Å². The predicted octanol–water partition coefficient (Wildman–Crippen LogP) is 4.22. The SMILES string of the molecule is CNC(c1cc(C)ccc1F)C1CCCC1(C)C. The number of rotatable bonds is 3. The Morgan fingerprint density at radius 3 is 2.67 bits per heavy atom. The molecular weight excluding hydrogens is 225 g/mol. The summed E-state index contributed by atoms with van der Waals surface area (Å²) in [6.45, 7) is 6.64. The molecule has 0 amide bonds. The van der Waals surface area contributed by atoms with E-state index in [1.54, 1.807) is 6.07 Å². The van der Waals surface area contributed by atoms with Crippen molar-refractivity contribution in [2.75, 3.05) is 7.05 Å². The Hall–Kier alpha value is -0.890. The van der Waals surface area contributed by atoms with Crippen molar-refractivity contribution < 1.29 is 4.39 Å². The minimum absolute atomic E-state index is 0.0809. The van der Waals surface area contributed by atoms with Gasteiger partial charge in [-0.25, -0.2) is 4.39 Å². The fourth-order valence-electron chi connectivity index (χ4n) is 3.45. The maximum atomic E-state index is 14.1. The quantitative estimate of drug-likeness (QED) is 0.845. The maximum absolute atomic E-state index is 14.1. The van der Waals surface area contributed by atoms with Crippen LogP contribution in [0.5, 0.6) is 0 Å². The van der Waals surface area contributed by atoms with Crippen LogP contribution in [0.3, 0.4) is 0 Å². The van der Waals surface area contributed by atoms with Crippen LogP contribution >= 0.6 is 0 Å². The van der Waals surface area contributed by atoms with Gasteiger partial charge in [-0.1, -0.05) is 38.0 Å². The third-order valence-electron chi connectivity index (χ3n) is 4.54. The van der Waals surface area contributed by atoms with E-state index >= 15 is 0 Å². The standard InChI is InChI=1S/C16H24FN/c1-11-7-8-14(17)12(10-11)15(18-4)13-6-5-9-16(13,2)3/h7-8,10,13,15,18H,5-6,9H2,1-4H3. The molecule has 1 aromatic carbocycles. The van der Waals surface area contributed by atoms with Crippen LogP contribution in [0.25, 0.3) is 0 Å². The van der Waals surface area contributed by atoms with E-state index in [1.165, 1.54) is 19.3 Å². The van der Waals surface area contributed by atoms with Gasteiger partial charge in [-0.15, -0.1) is 0 Å². The topological polar surface area (TPSA) is 12.0 Å². The first-order chi connectivity index (χ1) is 8.45. The van der Waals surface area contributed by atoms with E-state index in [9.17, 15) is 4.39 Å². The van der Waals surface area contributed by atoms with Crippen molar-refractivity contribution in [3.8, 4) is 0 Å². The molecule has 1 aliphatic carbocycles. The zero-order chi connectivity index (χ0) is 13.3. The van der Waals surface area contributed by atoms with Gasteiger partial charge in [0.05, 0.1) is 0 Å². The zero-order valence-electron chi connectivity index (χ0n) is 11.9. The average Bonchev–Trinajstić information content (AvgIpc) is 2.65. The summed E-state index contributed by atoms with van der Waals surface area (Å²) < 4.78 is 14.1. The van der Waals surface area contributed by atoms with E-state index < -0.39 is 0 Å². The molecule has 0 spiro atoms. The monoisotopic (exact) mass is 249 g/mol. The molecule has 2 unspecified atom stereocenters. The molecule has 1 aliphatic rings. The van der Waals surface area contributed by atoms with E-state index in [0.29, 0.717) is 11.3 Å². The minimum Gasteiger partial charge on any atom is -0.313 e. The summed E-state index contributed by atoms with van der Waals surface area (Å²) in [5, 5.41) is 3.34. The summed E-state index contributed by atoms with van der Waals surface area (Å²) >= 11 is 0. The van der Waals surface area contributed by atoms with E-state index in [0.717, 1.165) is 11.1 Å². The van der Waals surface area contributed by atoms with Crippen molar-refractivity contribution >= 4 is 0 Å². The number of nitrogens with one attached hydrogen (secondary N) is 1. The third-order valence-corrected chi connectivity index (χ3v) is 4.54. The lowest BCUT2D eigenvalue weighted by atomic mass is 9.75. The Morgan fingerprint density at radius 1 is 1.39 bits per heavy atom. The van der Waals surface area contributed by atoms with Gasteiger partial charge in [0.25, 0.3) is 0 Å². The molecule has 1 aromatic rings. The molecule has 1 saturated carbocycles. The van der Waals surface area contributed by atoms with Gasteiger partial charge >= 0.3 is 0 Å². The van der Waals surface area contributed by atoms with Crippen molar-refractivity contribution in [2.45, 2.75) is 46.1 Å². The van der Waals surface area contributed by atoms with Gasteiger partial charge in [-0.05, 0) is 44.2 Å². The minimum atomic E-state index is -0.0809. The summed E-state index contributed by atoms with van der Waals surface area (Å²) in [7, 11) is 1.95. The van der Waals surface area contributed by atoms with Crippen LogP contribution < -0.4 is 5.32 Å². The summed E-state index contributed by atoms with van der Waals surface area (Å²) in [5.74, 6) is 0.432. The molecule has 18 heavy (non-hydrogen) atoms. The summed E-state index contributed by atoms with van der Waals surface area (Å²) in [6.07, 6.45) is 3.68. The van der Waals surface area contributed by atoms with Crippen molar-refractivity contribution in [2.24, 2.45) is 11.3 Å². The fraction of sp³-hybridized carbons (Fsp3) is 0.625. The Kier molecular flexibility index (Phi) is 3.76. The Labute approximate surface area is 110 Å². The fourth-order valence-corrected chi connectivity index (χ4v) is 3.45. The molecule has 2 atom stereocenters. The number of halogens is 1.